The number of hydrogen-bond acceptors (Lipinski definition) is 7. The molecule has 0 saturated heterocycles. The first-order valence-electron chi connectivity index (χ1n) is 24.9. The van der Waals surface area contributed by atoms with E-state index in [1.165, 1.54) is 109 Å². The standard InChI is InChI=1S/C52H94NO7P/c1-3-5-7-9-11-13-15-17-19-21-23-24-25-26-27-28-30-32-34-36-38-40-42-44-47-57-49-51(50-59-61(55,56)58-48-46-53)60-52(54)45-43-41-39-37-35-33-31-29-22-20-18-16-14-12-10-8-6-4-2/h5,7,11,13,17,19,23-24,26-27,30,32,51H,3-4,6,8-10,12,14-16,18,20-22,25,28-29,31,33-50,53H2,1-2H3,(H,55,56)/b7-5-,13-11-,19-17-,24-23-,27-26-,32-30-. The molecule has 0 spiro atoms. The summed E-state index contributed by atoms with van der Waals surface area (Å²) in [5.74, 6) is -0.337. The Kier molecular flexibility index (Phi) is 47.3. The first-order chi connectivity index (χ1) is 29.9. The third-order valence-electron chi connectivity index (χ3n) is 10.4. The van der Waals surface area contributed by atoms with Gasteiger partial charge in [-0.2, -0.15) is 0 Å². The third-order valence-corrected chi connectivity index (χ3v) is 11.4. The smallest absolute Gasteiger partial charge is 0.457 e. The summed E-state index contributed by atoms with van der Waals surface area (Å²) in [4.78, 5) is 22.6. The highest BCUT2D eigenvalue weighted by Gasteiger charge is 2.25. The molecule has 354 valence electrons. The molecule has 0 heterocycles. The van der Waals surface area contributed by atoms with Crippen LogP contribution in [0.5, 0.6) is 0 Å². The molecule has 2 atom stereocenters. The van der Waals surface area contributed by atoms with Gasteiger partial charge < -0.3 is 20.1 Å². The maximum atomic E-state index is 12.6. The van der Waals surface area contributed by atoms with Crippen molar-refractivity contribution in [3.05, 3.63) is 72.9 Å². The molecule has 0 bridgehead atoms. The Morgan fingerprint density at radius 1 is 0.508 bits per heavy atom. The van der Waals surface area contributed by atoms with E-state index in [0.29, 0.717) is 13.0 Å². The van der Waals surface area contributed by atoms with Crippen LogP contribution in [0.4, 0.5) is 0 Å². The predicted octanol–water partition coefficient (Wildman–Crippen LogP) is 15.5. The van der Waals surface area contributed by atoms with Gasteiger partial charge in [0.25, 0.3) is 0 Å². The van der Waals surface area contributed by atoms with E-state index < -0.39 is 13.9 Å². The van der Waals surface area contributed by atoms with E-state index in [9.17, 15) is 14.3 Å². The molecule has 0 saturated carbocycles. The number of ether oxygens (including phenoxy) is 2. The maximum absolute atomic E-state index is 12.6. The van der Waals surface area contributed by atoms with Crippen LogP contribution < -0.4 is 5.73 Å². The summed E-state index contributed by atoms with van der Waals surface area (Å²) in [7, 11) is -4.29. The summed E-state index contributed by atoms with van der Waals surface area (Å²) >= 11 is 0. The minimum atomic E-state index is -4.29. The SMILES string of the molecule is CC/C=C\C/C=C\C/C=C\C/C=C\C/C=C\C/C=C\CCCCCCCOCC(COP(=O)(O)OCCN)OC(=O)CCCCCCCCCCCCCCCCCCCC. The fraction of sp³-hybridized carbons (Fsp3) is 0.750. The number of nitrogens with two attached hydrogens (primary N) is 1. The summed E-state index contributed by atoms with van der Waals surface area (Å²) < 4.78 is 33.5. The van der Waals surface area contributed by atoms with Crippen molar-refractivity contribution in [2.75, 3.05) is 33.0 Å². The number of rotatable bonds is 47. The van der Waals surface area contributed by atoms with Crippen molar-refractivity contribution in [1.29, 1.82) is 0 Å². The Morgan fingerprint density at radius 3 is 1.38 bits per heavy atom. The van der Waals surface area contributed by atoms with Gasteiger partial charge in [-0.25, -0.2) is 4.57 Å². The van der Waals surface area contributed by atoms with Gasteiger partial charge >= 0.3 is 13.8 Å². The van der Waals surface area contributed by atoms with Crippen LogP contribution in [-0.4, -0.2) is 49.9 Å². The predicted molar refractivity (Wildman–Crippen MR) is 261 cm³/mol. The largest absolute Gasteiger partial charge is 0.472 e. The highest BCUT2D eigenvalue weighted by molar-refractivity contribution is 7.47. The van der Waals surface area contributed by atoms with Gasteiger partial charge in [0.15, 0.2) is 0 Å². The van der Waals surface area contributed by atoms with E-state index in [0.717, 1.165) is 83.5 Å². The van der Waals surface area contributed by atoms with Crippen LogP contribution in [0.25, 0.3) is 0 Å². The minimum absolute atomic E-state index is 0.0946. The number of allylic oxidation sites excluding steroid dienone is 12. The summed E-state index contributed by atoms with van der Waals surface area (Å²) in [6.45, 7) is 4.78. The normalized spacial score (nSPS) is 14.0. The lowest BCUT2D eigenvalue weighted by Gasteiger charge is -2.20. The van der Waals surface area contributed by atoms with E-state index in [-0.39, 0.29) is 32.3 Å². The van der Waals surface area contributed by atoms with E-state index >= 15 is 0 Å². The number of hydrogen-bond donors (Lipinski definition) is 2. The minimum Gasteiger partial charge on any atom is -0.457 e. The zero-order chi connectivity index (χ0) is 44.4. The lowest BCUT2D eigenvalue weighted by molar-refractivity contribution is -0.154. The van der Waals surface area contributed by atoms with Crippen LogP contribution >= 0.6 is 7.82 Å². The Bertz CT molecular complexity index is 1160. The van der Waals surface area contributed by atoms with Crippen molar-refractivity contribution in [3.63, 3.8) is 0 Å². The molecule has 0 aliphatic rings. The van der Waals surface area contributed by atoms with Crippen LogP contribution in [0.1, 0.15) is 213 Å². The zero-order valence-corrected chi connectivity index (χ0v) is 40.3. The molecule has 0 aliphatic carbocycles. The van der Waals surface area contributed by atoms with Gasteiger partial charge in [0.05, 0.1) is 19.8 Å². The average molecular weight is 876 g/mol. The van der Waals surface area contributed by atoms with Gasteiger partial charge in [-0.1, -0.05) is 215 Å². The molecule has 9 heteroatoms. The molecule has 0 rings (SSSR count). The molecule has 0 aromatic carbocycles. The van der Waals surface area contributed by atoms with E-state index in [1.807, 2.05) is 0 Å². The van der Waals surface area contributed by atoms with E-state index in [2.05, 4.69) is 86.8 Å². The highest BCUT2D eigenvalue weighted by atomic mass is 31.2. The topological polar surface area (TPSA) is 117 Å². The van der Waals surface area contributed by atoms with Crippen LogP contribution in [0.15, 0.2) is 72.9 Å². The molecule has 0 aliphatic heterocycles. The number of carbonyl (C=O) groups is 1. The average Bonchev–Trinajstić information content (AvgIpc) is 3.25. The van der Waals surface area contributed by atoms with Crippen molar-refractivity contribution < 1.29 is 32.8 Å². The maximum Gasteiger partial charge on any atom is 0.472 e. The molecule has 0 fully saturated rings. The number of unbranched alkanes of at least 4 members (excludes halogenated alkanes) is 22. The second-order valence-electron chi connectivity index (χ2n) is 16.3. The van der Waals surface area contributed by atoms with Crippen LogP contribution in [-0.2, 0) is 27.9 Å². The Balaban J connectivity index is 4.02. The van der Waals surface area contributed by atoms with Crippen LogP contribution in [0.3, 0.4) is 0 Å². The van der Waals surface area contributed by atoms with E-state index in [1.54, 1.807) is 0 Å². The number of phosphoric acid groups is 1. The molecule has 0 aromatic rings. The van der Waals surface area contributed by atoms with Gasteiger partial charge in [-0.05, 0) is 64.2 Å². The van der Waals surface area contributed by atoms with Gasteiger partial charge in [0, 0.05) is 19.6 Å². The highest BCUT2D eigenvalue weighted by Crippen LogP contribution is 2.43. The fourth-order valence-corrected chi connectivity index (χ4v) is 7.53. The Labute approximate surface area is 376 Å². The molecule has 61 heavy (non-hydrogen) atoms. The molecule has 0 amide bonds. The summed E-state index contributed by atoms with van der Waals surface area (Å²) in [6, 6.07) is 0. The van der Waals surface area contributed by atoms with Crippen molar-refractivity contribution in [3.8, 4) is 0 Å². The molecular formula is C52H94NO7P. The van der Waals surface area contributed by atoms with Crippen molar-refractivity contribution >= 4 is 13.8 Å². The quantitative estimate of drug-likeness (QED) is 0.0269. The van der Waals surface area contributed by atoms with Crippen LogP contribution in [0.2, 0.25) is 0 Å². The van der Waals surface area contributed by atoms with Crippen molar-refractivity contribution in [1.82, 2.24) is 0 Å². The molecule has 2 unspecified atom stereocenters. The van der Waals surface area contributed by atoms with Gasteiger partial charge in [-0.3, -0.25) is 13.8 Å². The van der Waals surface area contributed by atoms with Gasteiger partial charge in [0.1, 0.15) is 6.10 Å². The van der Waals surface area contributed by atoms with E-state index in [4.69, 9.17) is 24.3 Å². The zero-order valence-electron chi connectivity index (χ0n) is 39.4. The first-order valence-corrected chi connectivity index (χ1v) is 26.4. The fourth-order valence-electron chi connectivity index (χ4n) is 6.77. The summed E-state index contributed by atoms with van der Waals surface area (Å²) in [5, 5.41) is 0. The lowest BCUT2D eigenvalue weighted by Crippen LogP contribution is -2.28. The number of carbonyl (C=O) groups excluding carboxylic acids is 1. The monoisotopic (exact) mass is 876 g/mol. The number of phosphoric ester groups is 1. The Morgan fingerprint density at radius 2 is 0.918 bits per heavy atom. The Hall–Kier alpha value is -2.06. The van der Waals surface area contributed by atoms with Crippen LogP contribution in [0, 0.1) is 0 Å². The molecule has 3 N–H and O–H groups in total. The summed E-state index contributed by atoms with van der Waals surface area (Å²) in [6.07, 6.45) is 62.2. The van der Waals surface area contributed by atoms with Gasteiger partial charge in [-0.15, -0.1) is 0 Å². The second-order valence-corrected chi connectivity index (χ2v) is 17.8. The number of esters is 1. The van der Waals surface area contributed by atoms with Gasteiger partial charge in [0.2, 0.25) is 0 Å². The molecule has 8 nitrogen and oxygen atoms in total. The van der Waals surface area contributed by atoms with Crippen molar-refractivity contribution in [2.45, 2.75) is 219 Å². The first kappa shape index (κ1) is 58.9. The molecular weight excluding hydrogens is 782 g/mol. The molecule has 0 radical (unpaired) electrons. The lowest BCUT2D eigenvalue weighted by atomic mass is 10.0. The third kappa shape index (κ3) is 48.8. The molecule has 0 aromatic heterocycles. The van der Waals surface area contributed by atoms with Crippen molar-refractivity contribution in [2.24, 2.45) is 5.73 Å². The second kappa shape index (κ2) is 49.0. The summed E-state index contributed by atoms with van der Waals surface area (Å²) in [5.41, 5.74) is 5.38.